The van der Waals surface area contributed by atoms with Crippen LogP contribution >= 0.6 is 0 Å². The van der Waals surface area contributed by atoms with E-state index in [1.54, 1.807) is 12.1 Å². The first-order valence-electron chi connectivity index (χ1n) is 18.8. The first kappa shape index (κ1) is 38.2. The molecular weight excluding hydrogens is 895 g/mol. The summed E-state index contributed by atoms with van der Waals surface area (Å²) in [6, 6.07) is 63.1. The molecule has 0 aliphatic carbocycles. The van der Waals surface area contributed by atoms with Gasteiger partial charge in [-0.25, -0.2) is 4.39 Å². The monoisotopic (exact) mass is 929 g/mol. The quantitative estimate of drug-likeness (QED) is 0.142. The van der Waals surface area contributed by atoms with E-state index in [1.165, 1.54) is 18.2 Å². The Kier molecular flexibility index (Phi) is 11.1. The fourth-order valence-electron chi connectivity index (χ4n) is 7.43. The van der Waals surface area contributed by atoms with Gasteiger partial charge in [0.15, 0.2) is 0 Å². The van der Waals surface area contributed by atoms with Gasteiger partial charge < -0.3 is 9.97 Å². The van der Waals surface area contributed by atoms with Crippen molar-refractivity contribution in [3.05, 3.63) is 218 Å². The minimum absolute atomic E-state index is 0. The summed E-state index contributed by atoms with van der Waals surface area (Å²) in [6.07, 6.45) is 3.71. The minimum Gasteiger partial charge on any atom is -0.304 e. The van der Waals surface area contributed by atoms with E-state index in [0.29, 0.717) is 5.69 Å². The van der Waals surface area contributed by atoms with Gasteiger partial charge in [0.25, 0.3) is 0 Å². The molecule has 0 aliphatic rings. The van der Waals surface area contributed by atoms with Gasteiger partial charge >= 0.3 is 0 Å². The molecule has 9 aromatic rings. The number of hydrogen-bond donors (Lipinski definition) is 0. The van der Waals surface area contributed by atoms with Crippen LogP contribution in [0.4, 0.5) is 8.78 Å². The summed E-state index contributed by atoms with van der Waals surface area (Å²) in [5, 5.41) is 0. The Morgan fingerprint density at radius 1 is 0.397 bits per heavy atom. The number of pyridine rings is 2. The van der Waals surface area contributed by atoms with Gasteiger partial charge in [0, 0.05) is 43.9 Å². The molecule has 0 N–H and O–H groups in total. The Hall–Kier alpha value is -6.65. The first-order chi connectivity index (χ1) is 28.0. The van der Waals surface area contributed by atoms with E-state index in [0.717, 1.165) is 89.1 Å². The summed E-state index contributed by atoms with van der Waals surface area (Å²) in [4.78, 5) is 9.63. The van der Waals surface area contributed by atoms with Crippen molar-refractivity contribution < 1.29 is 28.9 Å². The number of benzene rings is 7. The van der Waals surface area contributed by atoms with Crippen LogP contribution in [0.2, 0.25) is 0 Å². The SMILES string of the molecule is Cc1cc(-c2ccccc2-c2ccc(-c3[c-]cc(F)cc3)nc2)cc(-c2ccc(F)cc2-c2cnc(-c3[c-]cccc3)cc2-c2ccc(-c3ccccc3)cc2)c1.[Ir]. The molecule has 2 nitrogen and oxygen atoms in total. The van der Waals surface area contributed by atoms with Crippen LogP contribution in [0.3, 0.4) is 0 Å². The van der Waals surface area contributed by atoms with Gasteiger partial charge in [-0.3, -0.25) is 4.39 Å². The van der Waals surface area contributed by atoms with E-state index in [2.05, 4.69) is 91.9 Å². The number of halogens is 2. The van der Waals surface area contributed by atoms with Gasteiger partial charge in [0.2, 0.25) is 0 Å². The fourth-order valence-corrected chi connectivity index (χ4v) is 7.43. The molecule has 2 aromatic heterocycles. The molecule has 1 radical (unpaired) electrons. The predicted octanol–water partition coefficient (Wildman–Crippen LogP) is 14.0. The molecule has 281 valence electrons. The van der Waals surface area contributed by atoms with E-state index in [9.17, 15) is 4.39 Å². The Balaban J connectivity index is 0.00000469. The average Bonchev–Trinajstić information content (AvgIpc) is 3.27. The van der Waals surface area contributed by atoms with Crippen molar-refractivity contribution in [2.45, 2.75) is 6.92 Å². The molecule has 0 saturated carbocycles. The summed E-state index contributed by atoms with van der Waals surface area (Å²) in [6.45, 7) is 2.08. The van der Waals surface area contributed by atoms with Crippen molar-refractivity contribution in [2.24, 2.45) is 0 Å². The second kappa shape index (κ2) is 16.8. The summed E-state index contributed by atoms with van der Waals surface area (Å²) in [7, 11) is 0. The van der Waals surface area contributed by atoms with E-state index in [1.807, 2.05) is 85.2 Å². The minimum atomic E-state index is -0.333. The molecule has 2 heterocycles. The summed E-state index contributed by atoms with van der Waals surface area (Å²) in [5.41, 5.74) is 15.8. The van der Waals surface area contributed by atoms with Crippen LogP contribution in [0.1, 0.15) is 5.56 Å². The molecule has 0 fully saturated rings. The average molecular weight is 929 g/mol. The molecule has 0 amide bonds. The number of aryl methyl sites for hydroxylation is 1. The zero-order valence-corrected chi connectivity index (χ0v) is 33.8. The molecule has 0 unspecified atom stereocenters. The van der Waals surface area contributed by atoms with Crippen molar-refractivity contribution in [3.8, 4) is 89.3 Å². The molecule has 0 aliphatic heterocycles. The second-order valence-electron chi connectivity index (χ2n) is 14.0. The Labute approximate surface area is 351 Å². The van der Waals surface area contributed by atoms with Gasteiger partial charge in [-0.15, -0.1) is 65.7 Å². The molecular formula is C53H34F2IrN2-2. The van der Waals surface area contributed by atoms with Crippen LogP contribution in [-0.2, 0) is 20.1 Å². The molecule has 58 heavy (non-hydrogen) atoms. The van der Waals surface area contributed by atoms with Crippen molar-refractivity contribution in [2.75, 3.05) is 0 Å². The van der Waals surface area contributed by atoms with Crippen LogP contribution in [-0.4, -0.2) is 9.97 Å². The molecule has 5 heteroatoms. The largest absolute Gasteiger partial charge is 0.304 e. The third-order valence-electron chi connectivity index (χ3n) is 10.2. The molecule has 0 saturated heterocycles. The summed E-state index contributed by atoms with van der Waals surface area (Å²) in [5.74, 6) is -0.660. The van der Waals surface area contributed by atoms with Gasteiger partial charge in [0.05, 0.1) is 0 Å². The Bertz CT molecular complexity index is 2840. The van der Waals surface area contributed by atoms with Crippen molar-refractivity contribution in [3.63, 3.8) is 0 Å². The second-order valence-corrected chi connectivity index (χ2v) is 14.0. The van der Waals surface area contributed by atoms with Crippen molar-refractivity contribution in [1.29, 1.82) is 0 Å². The molecule has 0 spiro atoms. The fraction of sp³-hybridized carbons (Fsp3) is 0.0189. The topological polar surface area (TPSA) is 25.8 Å². The van der Waals surface area contributed by atoms with Crippen LogP contribution in [0, 0.1) is 30.7 Å². The zero-order valence-electron chi connectivity index (χ0n) is 31.4. The van der Waals surface area contributed by atoms with E-state index in [-0.39, 0.29) is 31.7 Å². The first-order valence-corrected chi connectivity index (χ1v) is 18.8. The van der Waals surface area contributed by atoms with E-state index >= 15 is 4.39 Å². The molecule has 9 rings (SSSR count). The maximum absolute atomic E-state index is 15.4. The van der Waals surface area contributed by atoms with Crippen LogP contribution in [0.15, 0.2) is 188 Å². The number of rotatable bonds is 8. The van der Waals surface area contributed by atoms with Gasteiger partial charge in [-0.1, -0.05) is 115 Å². The number of aromatic nitrogens is 2. The van der Waals surface area contributed by atoms with Gasteiger partial charge in [-0.2, -0.15) is 0 Å². The third kappa shape index (κ3) is 7.96. The molecule has 0 atom stereocenters. The maximum Gasteiger partial charge on any atom is 0.123 e. The molecule has 0 bridgehead atoms. The van der Waals surface area contributed by atoms with Crippen molar-refractivity contribution in [1.82, 2.24) is 9.97 Å². The maximum atomic E-state index is 15.4. The van der Waals surface area contributed by atoms with Crippen LogP contribution in [0.5, 0.6) is 0 Å². The normalized spacial score (nSPS) is 10.9. The van der Waals surface area contributed by atoms with Gasteiger partial charge in [0.1, 0.15) is 5.82 Å². The molecule has 7 aromatic carbocycles. The van der Waals surface area contributed by atoms with Crippen LogP contribution in [0.25, 0.3) is 89.3 Å². The zero-order chi connectivity index (χ0) is 38.7. The standard InChI is InChI=1S/C53H34F2N2.Ir/c1-35-28-42(47-15-9-8-14-46(47)41-22-27-52(56-33-41)40-20-23-44(54)24-21-40)30-43(29-35)48-26-25-45(55)31-50(48)51-34-57-53(39-12-6-3-7-13-39)32-49(51)38-18-16-37(17-19-38)36-10-4-2-5-11-36;/h2-12,14-20,22-34H,1H3;/q-2;. The Morgan fingerprint density at radius 3 is 1.71 bits per heavy atom. The predicted molar refractivity (Wildman–Crippen MR) is 228 cm³/mol. The van der Waals surface area contributed by atoms with E-state index < -0.39 is 0 Å². The number of nitrogens with zero attached hydrogens (tertiary/aromatic N) is 2. The van der Waals surface area contributed by atoms with E-state index in [4.69, 9.17) is 9.97 Å². The smallest absolute Gasteiger partial charge is 0.123 e. The van der Waals surface area contributed by atoms with Crippen molar-refractivity contribution >= 4 is 0 Å². The summed E-state index contributed by atoms with van der Waals surface area (Å²) >= 11 is 0. The third-order valence-corrected chi connectivity index (χ3v) is 10.2. The summed E-state index contributed by atoms with van der Waals surface area (Å²) < 4.78 is 29.0. The number of hydrogen-bond acceptors (Lipinski definition) is 2. The Morgan fingerprint density at radius 2 is 1.02 bits per heavy atom. The van der Waals surface area contributed by atoms with Crippen LogP contribution < -0.4 is 0 Å². The van der Waals surface area contributed by atoms with Gasteiger partial charge in [-0.05, 0) is 103 Å².